The summed E-state index contributed by atoms with van der Waals surface area (Å²) in [7, 11) is 1.08. The van der Waals surface area contributed by atoms with Crippen molar-refractivity contribution in [2.75, 3.05) is 7.11 Å². The lowest BCUT2D eigenvalue weighted by molar-refractivity contribution is 0.0597. The van der Waals surface area contributed by atoms with E-state index in [-0.39, 0.29) is 11.8 Å². The summed E-state index contributed by atoms with van der Waals surface area (Å²) in [6, 6.07) is 0.838. The number of aldehydes is 1. The SMILES string of the molecule is COC(=O)c1cc(O)c(O)c(O)c1C=O. The van der Waals surface area contributed by atoms with Gasteiger partial charge in [-0.2, -0.15) is 0 Å². The summed E-state index contributed by atoms with van der Waals surface area (Å²) in [4.78, 5) is 21.7. The van der Waals surface area contributed by atoms with E-state index in [1.165, 1.54) is 0 Å². The van der Waals surface area contributed by atoms with Crippen molar-refractivity contribution in [3.05, 3.63) is 17.2 Å². The van der Waals surface area contributed by atoms with Crippen molar-refractivity contribution >= 4 is 12.3 Å². The molecule has 0 aliphatic carbocycles. The van der Waals surface area contributed by atoms with Gasteiger partial charge in [0.25, 0.3) is 0 Å². The molecule has 1 aromatic rings. The van der Waals surface area contributed by atoms with Crippen LogP contribution in [0.4, 0.5) is 0 Å². The van der Waals surface area contributed by atoms with Gasteiger partial charge in [-0.3, -0.25) is 4.79 Å². The van der Waals surface area contributed by atoms with Crippen molar-refractivity contribution in [3.63, 3.8) is 0 Å². The number of esters is 1. The molecule has 15 heavy (non-hydrogen) atoms. The van der Waals surface area contributed by atoms with Gasteiger partial charge in [0.2, 0.25) is 5.75 Å². The number of carbonyl (C=O) groups excluding carboxylic acids is 2. The number of phenolic OH excluding ortho intramolecular Hbond substituents is 3. The summed E-state index contributed by atoms with van der Waals surface area (Å²) in [5, 5.41) is 27.5. The smallest absolute Gasteiger partial charge is 0.338 e. The highest BCUT2D eigenvalue weighted by Gasteiger charge is 2.21. The van der Waals surface area contributed by atoms with Gasteiger partial charge in [-0.15, -0.1) is 0 Å². The number of aromatic hydroxyl groups is 3. The standard InChI is InChI=1S/C9H8O6/c1-15-9(14)4-2-6(11)8(13)7(12)5(4)3-10/h2-3,11-13H,1H3. The number of phenols is 3. The minimum atomic E-state index is -0.900. The molecule has 1 aromatic carbocycles. The quantitative estimate of drug-likeness (QED) is 0.372. The topological polar surface area (TPSA) is 104 Å². The lowest BCUT2D eigenvalue weighted by Gasteiger charge is -2.07. The molecule has 0 heterocycles. The second-order valence-corrected chi connectivity index (χ2v) is 2.66. The fourth-order valence-electron chi connectivity index (χ4n) is 1.06. The second-order valence-electron chi connectivity index (χ2n) is 2.66. The molecule has 0 aromatic heterocycles. The number of hydrogen-bond donors (Lipinski definition) is 3. The Morgan fingerprint density at radius 3 is 2.40 bits per heavy atom. The summed E-state index contributed by atoms with van der Waals surface area (Å²) in [5.41, 5.74) is -0.752. The third-order valence-electron chi connectivity index (χ3n) is 1.82. The molecule has 0 saturated heterocycles. The van der Waals surface area contributed by atoms with Crippen LogP contribution in [-0.2, 0) is 4.74 Å². The lowest BCUT2D eigenvalue weighted by atomic mass is 10.1. The monoisotopic (exact) mass is 212 g/mol. The van der Waals surface area contributed by atoms with Crippen LogP contribution in [0.5, 0.6) is 17.2 Å². The van der Waals surface area contributed by atoms with Crippen LogP contribution in [-0.4, -0.2) is 34.7 Å². The van der Waals surface area contributed by atoms with E-state index in [4.69, 9.17) is 10.2 Å². The molecule has 6 nitrogen and oxygen atoms in total. The Morgan fingerprint density at radius 1 is 1.33 bits per heavy atom. The molecule has 0 spiro atoms. The third kappa shape index (κ3) is 1.69. The molecule has 0 aliphatic heterocycles. The first-order valence-corrected chi connectivity index (χ1v) is 3.84. The molecule has 1 rings (SSSR count). The van der Waals surface area contributed by atoms with E-state index in [0.29, 0.717) is 0 Å². The highest BCUT2D eigenvalue weighted by molar-refractivity contribution is 6.01. The molecule has 3 N–H and O–H groups in total. The molecule has 0 radical (unpaired) electrons. The Kier molecular flexibility index (Phi) is 2.80. The molecule has 0 atom stereocenters. The largest absolute Gasteiger partial charge is 0.504 e. The van der Waals surface area contributed by atoms with E-state index in [0.717, 1.165) is 13.2 Å². The zero-order valence-corrected chi connectivity index (χ0v) is 7.72. The number of hydrogen-bond acceptors (Lipinski definition) is 6. The highest BCUT2D eigenvalue weighted by Crippen LogP contribution is 2.38. The van der Waals surface area contributed by atoms with Crippen LogP contribution in [0.1, 0.15) is 20.7 Å². The van der Waals surface area contributed by atoms with Crippen molar-refractivity contribution < 1.29 is 29.6 Å². The van der Waals surface area contributed by atoms with Gasteiger partial charge in [-0.25, -0.2) is 4.79 Å². The van der Waals surface area contributed by atoms with Gasteiger partial charge >= 0.3 is 5.97 Å². The molecule has 80 valence electrons. The normalized spacial score (nSPS) is 9.67. The van der Waals surface area contributed by atoms with Gasteiger partial charge in [-0.1, -0.05) is 0 Å². The predicted octanol–water partition coefficient (Wildman–Crippen LogP) is 0.402. The van der Waals surface area contributed by atoms with E-state index in [9.17, 15) is 14.7 Å². The van der Waals surface area contributed by atoms with Crippen LogP contribution >= 0.6 is 0 Å². The minimum Gasteiger partial charge on any atom is -0.504 e. The first-order chi connectivity index (χ1) is 7.02. The van der Waals surface area contributed by atoms with Gasteiger partial charge in [0.15, 0.2) is 17.8 Å². The van der Waals surface area contributed by atoms with Gasteiger partial charge in [0, 0.05) is 0 Å². The minimum absolute atomic E-state index is 0.181. The van der Waals surface area contributed by atoms with E-state index in [2.05, 4.69) is 4.74 Å². The fraction of sp³-hybridized carbons (Fsp3) is 0.111. The summed E-state index contributed by atoms with van der Waals surface area (Å²) < 4.78 is 4.33. The summed E-state index contributed by atoms with van der Waals surface area (Å²) >= 11 is 0. The second kappa shape index (κ2) is 3.87. The number of benzene rings is 1. The molecular formula is C9H8O6. The number of carbonyl (C=O) groups is 2. The molecule has 6 heteroatoms. The molecule has 0 amide bonds. The fourth-order valence-corrected chi connectivity index (χ4v) is 1.06. The van der Waals surface area contributed by atoms with Gasteiger partial charge in [0.1, 0.15) is 0 Å². The highest BCUT2D eigenvalue weighted by atomic mass is 16.5. The molecule has 0 aliphatic rings. The van der Waals surface area contributed by atoms with Crippen molar-refractivity contribution in [1.29, 1.82) is 0 Å². The Hall–Kier alpha value is -2.24. The third-order valence-corrected chi connectivity index (χ3v) is 1.82. The van der Waals surface area contributed by atoms with Crippen LogP contribution in [0.2, 0.25) is 0 Å². The average Bonchev–Trinajstić information content (AvgIpc) is 2.24. The molecule has 0 fully saturated rings. The zero-order chi connectivity index (χ0) is 11.6. The van der Waals surface area contributed by atoms with Crippen LogP contribution in [0.3, 0.4) is 0 Å². The first kappa shape index (κ1) is 10.8. The maximum atomic E-state index is 11.1. The molecular weight excluding hydrogens is 204 g/mol. The zero-order valence-electron chi connectivity index (χ0n) is 7.72. The van der Waals surface area contributed by atoms with E-state index < -0.39 is 28.8 Å². The van der Waals surface area contributed by atoms with Crippen LogP contribution in [0.15, 0.2) is 6.07 Å². The number of ether oxygens (including phenoxy) is 1. The Morgan fingerprint density at radius 2 is 1.93 bits per heavy atom. The van der Waals surface area contributed by atoms with E-state index >= 15 is 0 Å². The Balaban J connectivity index is 3.52. The Labute approximate surface area is 84.3 Å². The summed E-state index contributed by atoms with van der Waals surface area (Å²) in [6.45, 7) is 0. The molecule has 0 bridgehead atoms. The van der Waals surface area contributed by atoms with Crippen LogP contribution in [0.25, 0.3) is 0 Å². The van der Waals surface area contributed by atoms with Crippen LogP contribution < -0.4 is 0 Å². The van der Waals surface area contributed by atoms with E-state index in [1.54, 1.807) is 0 Å². The average molecular weight is 212 g/mol. The van der Waals surface area contributed by atoms with Crippen molar-refractivity contribution in [1.82, 2.24) is 0 Å². The van der Waals surface area contributed by atoms with Gasteiger partial charge < -0.3 is 20.1 Å². The lowest BCUT2D eigenvalue weighted by Crippen LogP contribution is -2.05. The number of rotatable bonds is 2. The Bertz CT molecular complexity index is 423. The summed E-state index contributed by atoms with van der Waals surface area (Å²) in [6.07, 6.45) is 0.181. The van der Waals surface area contributed by atoms with Crippen molar-refractivity contribution in [3.8, 4) is 17.2 Å². The molecule has 0 unspecified atom stereocenters. The van der Waals surface area contributed by atoms with Gasteiger partial charge in [-0.05, 0) is 6.07 Å². The molecule has 0 saturated carbocycles. The van der Waals surface area contributed by atoms with Gasteiger partial charge in [0.05, 0.1) is 18.2 Å². The maximum Gasteiger partial charge on any atom is 0.338 e. The predicted molar refractivity (Wildman–Crippen MR) is 48.2 cm³/mol. The summed E-state index contributed by atoms with van der Waals surface area (Å²) in [5.74, 6) is -3.32. The van der Waals surface area contributed by atoms with Crippen molar-refractivity contribution in [2.24, 2.45) is 0 Å². The maximum absolute atomic E-state index is 11.1. The van der Waals surface area contributed by atoms with Crippen molar-refractivity contribution in [2.45, 2.75) is 0 Å². The number of methoxy groups -OCH3 is 1. The first-order valence-electron chi connectivity index (χ1n) is 3.84. The van der Waals surface area contributed by atoms with Crippen LogP contribution in [0, 0.1) is 0 Å². The van der Waals surface area contributed by atoms with E-state index in [1.807, 2.05) is 0 Å².